The molecule has 1 heteroatoms. The molecule has 1 aliphatic heterocycles. The molecular weight excluding hydrogens is 194 g/mol. The SMILES string of the molecule is CC.C\C=C/C=C\C=C\C1=CCN(C)CC1. The molecular formula is C15H25N. The summed E-state index contributed by atoms with van der Waals surface area (Å²) < 4.78 is 0. The smallest absolute Gasteiger partial charge is 0.0165 e. The lowest BCUT2D eigenvalue weighted by Crippen LogP contribution is -2.23. The lowest BCUT2D eigenvalue weighted by atomic mass is 10.1. The first-order valence-electron chi connectivity index (χ1n) is 6.16. The van der Waals surface area contributed by atoms with Gasteiger partial charge in [-0.3, -0.25) is 0 Å². The van der Waals surface area contributed by atoms with Crippen LogP contribution in [0.3, 0.4) is 0 Å². The van der Waals surface area contributed by atoms with Crippen molar-refractivity contribution in [2.75, 3.05) is 20.1 Å². The van der Waals surface area contributed by atoms with Crippen molar-refractivity contribution in [1.29, 1.82) is 0 Å². The highest BCUT2D eigenvalue weighted by Crippen LogP contribution is 2.10. The summed E-state index contributed by atoms with van der Waals surface area (Å²) in [4.78, 5) is 2.33. The molecule has 0 atom stereocenters. The molecule has 16 heavy (non-hydrogen) atoms. The van der Waals surface area contributed by atoms with Crippen LogP contribution in [0.15, 0.2) is 48.1 Å². The van der Waals surface area contributed by atoms with E-state index in [2.05, 4.69) is 36.3 Å². The van der Waals surface area contributed by atoms with Gasteiger partial charge in [0.15, 0.2) is 0 Å². The van der Waals surface area contributed by atoms with Crippen LogP contribution in [0.2, 0.25) is 0 Å². The number of nitrogens with zero attached hydrogens (tertiary/aromatic N) is 1. The summed E-state index contributed by atoms with van der Waals surface area (Å²) in [5, 5.41) is 0. The van der Waals surface area contributed by atoms with Crippen molar-refractivity contribution in [1.82, 2.24) is 4.90 Å². The number of allylic oxidation sites excluding steroid dienone is 6. The molecule has 0 N–H and O–H groups in total. The highest BCUT2D eigenvalue weighted by molar-refractivity contribution is 5.25. The van der Waals surface area contributed by atoms with Gasteiger partial charge in [-0.2, -0.15) is 0 Å². The number of likely N-dealkylation sites (N-methyl/N-ethyl adjacent to an activating group) is 1. The summed E-state index contributed by atoms with van der Waals surface area (Å²) in [6.45, 7) is 8.28. The van der Waals surface area contributed by atoms with Crippen molar-refractivity contribution in [3.8, 4) is 0 Å². The molecule has 0 fully saturated rings. The summed E-state index contributed by atoms with van der Waals surface area (Å²) in [6, 6.07) is 0. The van der Waals surface area contributed by atoms with E-state index in [0.29, 0.717) is 0 Å². The first-order chi connectivity index (χ1) is 7.83. The second kappa shape index (κ2) is 10.4. The standard InChI is InChI=1S/C13H19N.C2H6/c1-3-4-5-6-7-8-13-9-11-14(2)12-10-13;1-2/h3-9H,10-12H2,1-2H3;1-2H3/b4-3-,6-5-,8-7+;. The van der Waals surface area contributed by atoms with Crippen LogP contribution in [0.5, 0.6) is 0 Å². The maximum atomic E-state index is 2.33. The molecule has 0 spiro atoms. The quantitative estimate of drug-likeness (QED) is 0.649. The Bertz CT molecular complexity index is 269. The number of hydrogen-bond donors (Lipinski definition) is 0. The highest BCUT2D eigenvalue weighted by Gasteiger charge is 2.03. The van der Waals surface area contributed by atoms with Gasteiger partial charge in [0.25, 0.3) is 0 Å². The Hall–Kier alpha value is -1.08. The molecule has 0 amide bonds. The zero-order valence-electron chi connectivity index (χ0n) is 11.1. The van der Waals surface area contributed by atoms with Crippen molar-refractivity contribution in [2.24, 2.45) is 0 Å². The molecule has 1 aliphatic rings. The summed E-state index contributed by atoms with van der Waals surface area (Å²) in [6.07, 6.45) is 16.0. The Morgan fingerprint density at radius 3 is 2.38 bits per heavy atom. The van der Waals surface area contributed by atoms with Gasteiger partial charge in [-0.05, 0) is 26.0 Å². The van der Waals surface area contributed by atoms with Crippen LogP contribution in [0.25, 0.3) is 0 Å². The molecule has 90 valence electrons. The first-order valence-corrected chi connectivity index (χ1v) is 6.16. The molecule has 0 aromatic rings. The number of rotatable bonds is 3. The monoisotopic (exact) mass is 219 g/mol. The van der Waals surface area contributed by atoms with Gasteiger partial charge < -0.3 is 4.90 Å². The second-order valence-corrected chi connectivity index (χ2v) is 3.56. The molecule has 0 radical (unpaired) electrons. The van der Waals surface area contributed by atoms with Crippen LogP contribution >= 0.6 is 0 Å². The second-order valence-electron chi connectivity index (χ2n) is 3.56. The third-order valence-electron chi connectivity index (χ3n) is 2.28. The normalized spacial score (nSPS) is 17.9. The Labute approximate surface area is 101 Å². The van der Waals surface area contributed by atoms with E-state index in [9.17, 15) is 0 Å². The summed E-state index contributed by atoms with van der Waals surface area (Å²) >= 11 is 0. The van der Waals surface area contributed by atoms with Crippen LogP contribution in [0.1, 0.15) is 27.2 Å². The third kappa shape index (κ3) is 7.24. The Balaban J connectivity index is 0.00000106. The van der Waals surface area contributed by atoms with Crippen molar-refractivity contribution in [3.63, 3.8) is 0 Å². The van der Waals surface area contributed by atoms with Gasteiger partial charge in [0.05, 0.1) is 0 Å². The van der Waals surface area contributed by atoms with Gasteiger partial charge >= 0.3 is 0 Å². The van der Waals surface area contributed by atoms with E-state index in [1.54, 1.807) is 0 Å². The van der Waals surface area contributed by atoms with E-state index >= 15 is 0 Å². The van der Waals surface area contributed by atoms with Crippen molar-refractivity contribution >= 4 is 0 Å². The topological polar surface area (TPSA) is 3.24 Å². The van der Waals surface area contributed by atoms with E-state index < -0.39 is 0 Å². The maximum Gasteiger partial charge on any atom is 0.0165 e. The lowest BCUT2D eigenvalue weighted by molar-refractivity contribution is 0.361. The molecule has 0 aromatic heterocycles. The first kappa shape index (κ1) is 14.9. The zero-order chi connectivity index (χ0) is 12.2. The van der Waals surface area contributed by atoms with Crippen LogP contribution in [0, 0.1) is 0 Å². The Morgan fingerprint density at radius 1 is 1.12 bits per heavy atom. The molecule has 0 saturated heterocycles. The Kier molecular flexibility index (Phi) is 9.73. The molecule has 0 unspecified atom stereocenters. The van der Waals surface area contributed by atoms with Gasteiger partial charge in [0, 0.05) is 13.1 Å². The fraction of sp³-hybridized carbons (Fsp3) is 0.467. The van der Waals surface area contributed by atoms with Crippen LogP contribution in [-0.4, -0.2) is 25.0 Å². The fourth-order valence-electron chi connectivity index (χ4n) is 1.36. The fourth-order valence-corrected chi connectivity index (χ4v) is 1.36. The average Bonchev–Trinajstić information content (AvgIpc) is 2.34. The molecule has 1 heterocycles. The average molecular weight is 219 g/mol. The Morgan fingerprint density at radius 2 is 1.81 bits per heavy atom. The van der Waals surface area contributed by atoms with Crippen LogP contribution < -0.4 is 0 Å². The van der Waals surface area contributed by atoms with E-state index in [4.69, 9.17) is 0 Å². The molecule has 1 rings (SSSR count). The third-order valence-corrected chi connectivity index (χ3v) is 2.28. The minimum Gasteiger partial charge on any atom is -0.302 e. The molecule has 0 aliphatic carbocycles. The van der Waals surface area contributed by atoms with Gasteiger partial charge in [-0.15, -0.1) is 0 Å². The summed E-state index contributed by atoms with van der Waals surface area (Å²) in [5.74, 6) is 0. The van der Waals surface area contributed by atoms with E-state index in [-0.39, 0.29) is 0 Å². The largest absolute Gasteiger partial charge is 0.302 e. The summed E-state index contributed by atoms with van der Waals surface area (Å²) in [5.41, 5.74) is 1.45. The predicted octanol–water partition coefficient (Wildman–Crippen LogP) is 3.96. The van der Waals surface area contributed by atoms with Crippen molar-refractivity contribution in [3.05, 3.63) is 48.1 Å². The predicted molar refractivity (Wildman–Crippen MR) is 74.6 cm³/mol. The highest BCUT2D eigenvalue weighted by atomic mass is 15.1. The number of hydrogen-bond acceptors (Lipinski definition) is 1. The minimum atomic E-state index is 1.08. The van der Waals surface area contributed by atoms with E-state index in [1.807, 2.05) is 39.0 Å². The van der Waals surface area contributed by atoms with E-state index in [1.165, 1.54) is 18.5 Å². The van der Waals surface area contributed by atoms with Crippen LogP contribution in [0.4, 0.5) is 0 Å². The maximum absolute atomic E-state index is 2.33. The minimum absolute atomic E-state index is 1.08. The van der Waals surface area contributed by atoms with E-state index in [0.717, 1.165) is 6.54 Å². The van der Waals surface area contributed by atoms with Gasteiger partial charge in [0.2, 0.25) is 0 Å². The lowest BCUT2D eigenvalue weighted by Gasteiger charge is -2.19. The zero-order valence-corrected chi connectivity index (χ0v) is 11.1. The van der Waals surface area contributed by atoms with Crippen molar-refractivity contribution < 1.29 is 0 Å². The van der Waals surface area contributed by atoms with Crippen LogP contribution in [-0.2, 0) is 0 Å². The van der Waals surface area contributed by atoms with Gasteiger partial charge in [-0.25, -0.2) is 0 Å². The molecule has 0 saturated carbocycles. The van der Waals surface area contributed by atoms with Gasteiger partial charge in [0.1, 0.15) is 0 Å². The molecule has 1 nitrogen and oxygen atoms in total. The summed E-state index contributed by atoms with van der Waals surface area (Å²) in [7, 11) is 2.16. The molecule has 0 bridgehead atoms. The van der Waals surface area contributed by atoms with Crippen molar-refractivity contribution in [2.45, 2.75) is 27.2 Å². The molecule has 0 aromatic carbocycles. The van der Waals surface area contributed by atoms with Gasteiger partial charge in [-0.1, -0.05) is 56.4 Å².